The van der Waals surface area contributed by atoms with Crippen LogP contribution in [0.1, 0.15) is 43.6 Å². The van der Waals surface area contributed by atoms with Gasteiger partial charge in [-0.2, -0.15) is 0 Å². The monoisotopic (exact) mass is 260 g/mol. The fourth-order valence-electron chi connectivity index (χ4n) is 4.25. The second-order valence-corrected chi connectivity index (χ2v) is 6.37. The van der Waals surface area contributed by atoms with Crippen LogP contribution < -0.4 is 5.73 Å². The molecule has 1 heterocycles. The summed E-state index contributed by atoms with van der Waals surface area (Å²) in [6.45, 7) is 0.494. The second kappa shape index (κ2) is 5.59. The predicted molar refractivity (Wildman–Crippen MR) is 75.6 cm³/mol. The Balaban J connectivity index is 1.64. The number of aromatic nitrogens is 1. The zero-order valence-electron chi connectivity index (χ0n) is 11.4. The zero-order chi connectivity index (χ0) is 13.2. The van der Waals surface area contributed by atoms with Crippen LogP contribution in [0, 0.1) is 17.8 Å². The Bertz CT molecular complexity index is 408. The Morgan fingerprint density at radius 3 is 2.84 bits per heavy atom. The van der Waals surface area contributed by atoms with Crippen LogP contribution in [0.2, 0.25) is 0 Å². The van der Waals surface area contributed by atoms with Gasteiger partial charge in [0.05, 0.1) is 6.10 Å². The number of hydrogen-bond donors (Lipinski definition) is 2. The van der Waals surface area contributed by atoms with Crippen molar-refractivity contribution in [3.63, 3.8) is 0 Å². The van der Waals surface area contributed by atoms with Crippen molar-refractivity contribution in [1.29, 1.82) is 0 Å². The van der Waals surface area contributed by atoms with E-state index in [0.717, 1.165) is 29.7 Å². The molecule has 0 saturated heterocycles. The van der Waals surface area contributed by atoms with E-state index >= 15 is 0 Å². The fraction of sp³-hybridized carbons (Fsp3) is 0.688. The molecule has 2 aliphatic carbocycles. The van der Waals surface area contributed by atoms with E-state index in [1.54, 1.807) is 6.20 Å². The third kappa shape index (κ3) is 2.67. The molecule has 3 rings (SSSR count). The minimum absolute atomic E-state index is 0.0350. The van der Waals surface area contributed by atoms with Crippen molar-refractivity contribution in [2.75, 3.05) is 6.54 Å². The molecule has 0 radical (unpaired) electrons. The summed E-state index contributed by atoms with van der Waals surface area (Å²) in [5.41, 5.74) is 6.94. The average molecular weight is 260 g/mol. The highest BCUT2D eigenvalue weighted by molar-refractivity contribution is 5.17. The number of pyridine rings is 1. The van der Waals surface area contributed by atoms with Crippen LogP contribution in [0.15, 0.2) is 24.5 Å². The molecule has 3 heteroatoms. The maximum Gasteiger partial charge on any atom is 0.0624 e. The molecule has 3 N–H and O–H groups in total. The van der Waals surface area contributed by atoms with E-state index in [-0.39, 0.29) is 12.0 Å². The summed E-state index contributed by atoms with van der Waals surface area (Å²) in [5, 5.41) is 10.5. The zero-order valence-corrected chi connectivity index (χ0v) is 11.4. The first-order valence-electron chi connectivity index (χ1n) is 7.56. The van der Waals surface area contributed by atoms with Crippen molar-refractivity contribution in [2.45, 2.75) is 44.1 Å². The number of rotatable bonds is 5. The number of nitrogens with zero attached hydrogens (tertiary/aromatic N) is 1. The molecule has 2 fully saturated rings. The van der Waals surface area contributed by atoms with Gasteiger partial charge in [0.25, 0.3) is 0 Å². The summed E-state index contributed by atoms with van der Waals surface area (Å²) in [7, 11) is 0. The minimum atomic E-state index is -0.321. The van der Waals surface area contributed by atoms with Gasteiger partial charge >= 0.3 is 0 Å². The van der Waals surface area contributed by atoms with Crippen molar-refractivity contribution in [3.05, 3.63) is 30.1 Å². The van der Waals surface area contributed by atoms with E-state index in [0.29, 0.717) is 6.54 Å². The molecule has 19 heavy (non-hydrogen) atoms. The maximum absolute atomic E-state index is 10.5. The molecule has 1 aromatic rings. The Morgan fingerprint density at radius 2 is 2.26 bits per heavy atom. The minimum Gasteiger partial charge on any atom is -0.392 e. The molecule has 3 nitrogen and oxygen atoms in total. The number of aliphatic hydroxyl groups excluding tert-OH is 1. The summed E-state index contributed by atoms with van der Waals surface area (Å²) in [6, 6.07) is 3.94. The first kappa shape index (κ1) is 13.1. The Kier molecular flexibility index (Phi) is 3.85. The van der Waals surface area contributed by atoms with Crippen molar-refractivity contribution in [2.24, 2.45) is 23.5 Å². The first-order chi connectivity index (χ1) is 9.28. The highest BCUT2D eigenvalue weighted by atomic mass is 16.3. The number of aliphatic hydroxyl groups is 1. The molecule has 5 atom stereocenters. The summed E-state index contributed by atoms with van der Waals surface area (Å²) in [5.74, 6) is 2.57. The molecular weight excluding hydrogens is 236 g/mol. The summed E-state index contributed by atoms with van der Waals surface area (Å²) in [4.78, 5) is 4.14. The van der Waals surface area contributed by atoms with E-state index < -0.39 is 0 Å². The van der Waals surface area contributed by atoms with Gasteiger partial charge in [0.1, 0.15) is 0 Å². The van der Waals surface area contributed by atoms with Crippen LogP contribution in [0.5, 0.6) is 0 Å². The van der Waals surface area contributed by atoms with Crippen LogP contribution in [0.3, 0.4) is 0 Å². The molecule has 104 valence electrons. The highest BCUT2D eigenvalue weighted by Gasteiger charge is 2.40. The van der Waals surface area contributed by atoms with Gasteiger partial charge in [-0.3, -0.25) is 4.98 Å². The van der Waals surface area contributed by atoms with Crippen molar-refractivity contribution < 1.29 is 5.11 Å². The summed E-state index contributed by atoms with van der Waals surface area (Å²) >= 11 is 0. The molecule has 2 aliphatic rings. The SMILES string of the molecule is NCC(c1cccnc1)C(O)CC1CC2CCC1C2. The summed E-state index contributed by atoms with van der Waals surface area (Å²) in [6.07, 6.45) is 9.71. The van der Waals surface area contributed by atoms with Gasteiger partial charge in [-0.1, -0.05) is 12.5 Å². The lowest BCUT2D eigenvalue weighted by molar-refractivity contribution is 0.101. The molecule has 0 aliphatic heterocycles. The molecule has 5 unspecified atom stereocenters. The van der Waals surface area contributed by atoms with Crippen LogP contribution in [0.25, 0.3) is 0 Å². The second-order valence-electron chi connectivity index (χ2n) is 6.37. The lowest BCUT2D eigenvalue weighted by Crippen LogP contribution is -2.29. The maximum atomic E-state index is 10.5. The Labute approximate surface area is 115 Å². The number of hydrogen-bond acceptors (Lipinski definition) is 3. The lowest BCUT2D eigenvalue weighted by Gasteiger charge is -2.28. The van der Waals surface area contributed by atoms with Crippen LogP contribution >= 0.6 is 0 Å². The van der Waals surface area contributed by atoms with Gasteiger partial charge in [-0.15, -0.1) is 0 Å². The van der Waals surface area contributed by atoms with Gasteiger partial charge in [0.15, 0.2) is 0 Å². The third-order valence-corrected chi connectivity index (χ3v) is 5.26. The van der Waals surface area contributed by atoms with Crippen molar-refractivity contribution in [3.8, 4) is 0 Å². The third-order valence-electron chi connectivity index (χ3n) is 5.26. The van der Waals surface area contributed by atoms with E-state index in [4.69, 9.17) is 5.73 Å². The van der Waals surface area contributed by atoms with Crippen LogP contribution in [-0.4, -0.2) is 22.7 Å². The first-order valence-corrected chi connectivity index (χ1v) is 7.56. The van der Waals surface area contributed by atoms with Crippen molar-refractivity contribution in [1.82, 2.24) is 4.98 Å². The van der Waals surface area contributed by atoms with Crippen LogP contribution in [0.4, 0.5) is 0 Å². The van der Waals surface area contributed by atoms with Gasteiger partial charge in [0, 0.05) is 24.9 Å². The highest BCUT2D eigenvalue weighted by Crippen LogP contribution is 2.50. The van der Waals surface area contributed by atoms with Crippen LogP contribution in [-0.2, 0) is 0 Å². The molecule has 2 bridgehead atoms. The quantitative estimate of drug-likeness (QED) is 0.854. The van der Waals surface area contributed by atoms with Gasteiger partial charge in [-0.05, 0) is 55.1 Å². The summed E-state index contributed by atoms with van der Waals surface area (Å²) < 4.78 is 0. The standard InChI is InChI=1S/C16H24N2O/c17-9-15(13-2-1-5-18-10-13)16(19)8-14-7-11-3-4-12(14)6-11/h1-2,5,10-12,14-16,19H,3-4,6-9,17H2. The Morgan fingerprint density at radius 1 is 1.37 bits per heavy atom. The fourth-order valence-corrected chi connectivity index (χ4v) is 4.25. The molecule has 0 spiro atoms. The lowest BCUT2D eigenvalue weighted by atomic mass is 9.81. The topological polar surface area (TPSA) is 59.1 Å². The molecule has 2 saturated carbocycles. The van der Waals surface area contributed by atoms with E-state index in [9.17, 15) is 5.11 Å². The number of fused-ring (bicyclic) bond motifs is 2. The predicted octanol–water partition coefficient (Wildman–Crippen LogP) is 2.31. The van der Waals surface area contributed by atoms with Gasteiger partial charge in [0.2, 0.25) is 0 Å². The van der Waals surface area contributed by atoms with Gasteiger partial charge in [-0.25, -0.2) is 0 Å². The van der Waals surface area contributed by atoms with E-state index in [1.165, 1.54) is 25.7 Å². The largest absolute Gasteiger partial charge is 0.392 e. The number of nitrogens with two attached hydrogens (primary N) is 1. The van der Waals surface area contributed by atoms with Gasteiger partial charge < -0.3 is 10.8 Å². The Hall–Kier alpha value is -0.930. The molecular formula is C16H24N2O. The average Bonchev–Trinajstić information content (AvgIpc) is 3.03. The van der Waals surface area contributed by atoms with E-state index in [2.05, 4.69) is 4.98 Å². The van der Waals surface area contributed by atoms with E-state index in [1.807, 2.05) is 18.3 Å². The molecule has 1 aromatic heterocycles. The normalized spacial score (nSPS) is 32.4. The molecule has 0 amide bonds. The van der Waals surface area contributed by atoms with Crippen molar-refractivity contribution >= 4 is 0 Å². The smallest absolute Gasteiger partial charge is 0.0624 e. The molecule has 0 aromatic carbocycles.